The van der Waals surface area contributed by atoms with Gasteiger partial charge in [-0.25, -0.2) is 0 Å². The predicted octanol–water partition coefficient (Wildman–Crippen LogP) is 2.02. The molecule has 2 unspecified atom stereocenters. The zero-order chi connectivity index (χ0) is 15.7. The van der Waals surface area contributed by atoms with E-state index in [1.807, 2.05) is 24.2 Å². The van der Waals surface area contributed by atoms with Crippen LogP contribution in [0.2, 0.25) is 0 Å². The minimum Gasteiger partial charge on any atom is -0.361 e. The van der Waals surface area contributed by atoms with E-state index >= 15 is 0 Å². The SMILES string of the molecule is CC1NNC(C)C1CC(=O)N(C)Cc1cccc2cc[nH]c12. The average molecular weight is 300 g/mol. The van der Waals surface area contributed by atoms with Crippen LogP contribution in [0.25, 0.3) is 10.9 Å². The average Bonchev–Trinajstić information content (AvgIpc) is 3.09. The second-order valence-corrected chi connectivity index (χ2v) is 6.34. The summed E-state index contributed by atoms with van der Waals surface area (Å²) in [6.07, 6.45) is 2.51. The van der Waals surface area contributed by atoms with Gasteiger partial charge in [0.2, 0.25) is 5.91 Å². The van der Waals surface area contributed by atoms with Gasteiger partial charge >= 0.3 is 0 Å². The van der Waals surface area contributed by atoms with Crippen molar-refractivity contribution in [3.05, 3.63) is 36.0 Å². The third-order valence-electron chi connectivity index (χ3n) is 4.74. The number of H-pyrrole nitrogens is 1. The molecule has 22 heavy (non-hydrogen) atoms. The molecule has 0 aliphatic carbocycles. The van der Waals surface area contributed by atoms with Gasteiger partial charge in [-0.3, -0.25) is 15.6 Å². The molecule has 1 aromatic heterocycles. The number of aromatic amines is 1. The van der Waals surface area contributed by atoms with E-state index in [0.29, 0.717) is 31.0 Å². The van der Waals surface area contributed by atoms with E-state index in [1.54, 1.807) is 0 Å². The van der Waals surface area contributed by atoms with Gasteiger partial charge in [0.15, 0.2) is 0 Å². The number of aromatic nitrogens is 1. The molecule has 2 heterocycles. The Hall–Kier alpha value is -1.85. The summed E-state index contributed by atoms with van der Waals surface area (Å²) in [5.41, 5.74) is 8.69. The summed E-state index contributed by atoms with van der Waals surface area (Å²) in [6.45, 7) is 4.87. The number of hydrazine groups is 1. The van der Waals surface area contributed by atoms with Gasteiger partial charge in [-0.2, -0.15) is 0 Å². The number of nitrogens with one attached hydrogen (secondary N) is 3. The first-order chi connectivity index (χ1) is 10.6. The Morgan fingerprint density at radius 3 is 2.64 bits per heavy atom. The number of fused-ring (bicyclic) bond motifs is 1. The molecule has 1 amide bonds. The first kappa shape index (κ1) is 15.1. The topological polar surface area (TPSA) is 60.2 Å². The molecule has 3 N–H and O–H groups in total. The van der Waals surface area contributed by atoms with Crippen molar-refractivity contribution in [3.63, 3.8) is 0 Å². The lowest BCUT2D eigenvalue weighted by molar-refractivity contribution is -0.131. The Balaban J connectivity index is 1.67. The number of carbonyl (C=O) groups excluding carboxylic acids is 1. The Morgan fingerprint density at radius 1 is 1.18 bits per heavy atom. The minimum atomic E-state index is 0.192. The van der Waals surface area contributed by atoms with Gasteiger partial charge in [-0.05, 0) is 30.9 Å². The quantitative estimate of drug-likeness (QED) is 0.809. The Morgan fingerprint density at radius 2 is 1.91 bits per heavy atom. The van der Waals surface area contributed by atoms with Gasteiger partial charge in [0.25, 0.3) is 0 Å². The molecular formula is C17H24N4O. The molecule has 3 rings (SSSR count). The highest BCUT2D eigenvalue weighted by Crippen LogP contribution is 2.21. The third kappa shape index (κ3) is 2.87. The Kier molecular flexibility index (Phi) is 4.18. The van der Waals surface area contributed by atoms with E-state index in [0.717, 1.165) is 11.1 Å². The molecule has 1 saturated heterocycles. The number of hydrogen-bond donors (Lipinski definition) is 3. The maximum absolute atomic E-state index is 12.5. The molecule has 0 saturated carbocycles. The Bertz CT molecular complexity index is 655. The number of nitrogens with zero attached hydrogens (tertiary/aromatic N) is 1. The summed E-state index contributed by atoms with van der Waals surface area (Å²) in [7, 11) is 1.88. The molecule has 118 valence electrons. The van der Waals surface area contributed by atoms with Crippen LogP contribution in [0.4, 0.5) is 0 Å². The number of para-hydroxylation sites is 1. The Labute approximate surface area is 131 Å². The van der Waals surface area contributed by atoms with Crippen molar-refractivity contribution in [3.8, 4) is 0 Å². The van der Waals surface area contributed by atoms with Crippen molar-refractivity contribution in [2.24, 2.45) is 5.92 Å². The molecule has 0 spiro atoms. The van der Waals surface area contributed by atoms with Crippen molar-refractivity contribution < 1.29 is 4.79 Å². The molecule has 1 aliphatic heterocycles. The number of carbonyl (C=O) groups is 1. The van der Waals surface area contributed by atoms with Gasteiger partial charge in [0.05, 0.1) is 5.52 Å². The number of amides is 1. The smallest absolute Gasteiger partial charge is 0.223 e. The van der Waals surface area contributed by atoms with Gasteiger partial charge in [0.1, 0.15) is 0 Å². The molecule has 5 nitrogen and oxygen atoms in total. The highest BCUT2D eigenvalue weighted by Gasteiger charge is 2.32. The van der Waals surface area contributed by atoms with Crippen LogP contribution >= 0.6 is 0 Å². The second-order valence-electron chi connectivity index (χ2n) is 6.34. The summed E-state index contributed by atoms with van der Waals surface area (Å²) < 4.78 is 0. The van der Waals surface area contributed by atoms with Crippen molar-refractivity contribution >= 4 is 16.8 Å². The van der Waals surface area contributed by atoms with Gasteiger partial charge in [0, 0.05) is 44.2 Å². The standard InChI is InChI=1S/C17H24N4O/c1-11-15(12(2)20-19-11)9-16(22)21(3)10-14-6-4-5-13-7-8-18-17(13)14/h4-8,11-12,15,18-20H,9-10H2,1-3H3. The van der Waals surface area contributed by atoms with Crippen LogP contribution in [-0.4, -0.2) is 34.9 Å². The maximum Gasteiger partial charge on any atom is 0.223 e. The van der Waals surface area contributed by atoms with Crippen LogP contribution in [0.15, 0.2) is 30.5 Å². The highest BCUT2D eigenvalue weighted by molar-refractivity contribution is 5.83. The van der Waals surface area contributed by atoms with Crippen LogP contribution in [0, 0.1) is 5.92 Å². The van der Waals surface area contributed by atoms with Crippen LogP contribution in [0.1, 0.15) is 25.8 Å². The lowest BCUT2D eigenvalue weighted by atomic mass is 9.92. The molecule has 1 fully saturated rings. The molecule has 2 atom stereocenters. The van der Waals surface area contributed by atoms with E-state index in [9.17, 15) is 4.79 Å². The summed E-state index contributed by atoms with van der Waals surface area (Å²) >= 11 is 0. The molecule has 0 bridgehead atoms. The lowest BCUT2D eigenvalue weighted by Gasteiger charge is -2.22. The summed E-state index contributed by atoms with van der Waals surface area (Å²) in [4.78, 5) is 17.6. The van der Waals surface area contributed by atoms with E-state index in [4.69, 9.17) is 0 Å². The monoisotopic (exact) mass is 300 g/mol. The van der Waals surface area contributed by atoms with Crippen LogP contribution < -0.4 is 10.9 Å². The van der Waals surface area contributed by atoms with Crippen molar-refractivity contribution in [1.29, 1.82) is 0 Å². The zero-order valence-electron chi connectivity index (χ0n) is 13.4. The van der Waals surface area contributed by atoms with E-state index < -0.39 is 0 Å². The summed E-state index contributed by atoms with van der Waals surface area (Å²) in [5, 5.41) is 1.18. The second kappa shape index (κ2) is 6.10. The van der Waals surface area contributed by atoms with Crippen LogP contribution in [0.3, 0.4) is 0 Å². The van der Waals surface area contributed by atoms with Crippen molar-refractivity contribution in [2.45, 2.75) is 38.9 Å². The fourth-order valence-electron chi connectivity index (χ4n) is 3.25. The van der Waals surface area contributed by atoms with E-state index in [-0.39, 0.29) is 5.91 Å². The van der Waals surface area contributed by atoms with Gasteiger partial charge < -0.3 is 9.88 Å². The fraction of sp³-hybridized carbons (Fsp3) is 0.471. The number of rotatable bonds is 4. The minimum absolute atomic E-state index is 0.192. The molecule has 5 heteroatoms. The molecule has 1 aromatic carbocycles. The van der Waals surface area contributed by atoms with Crippen LogP contribution in [0.5, 0.6) is 0 Å². The normalized spacial score (nSPS) is 24.8. The number of hydrogen-bond acceptors (Lipinski definition) is 3. The van der Waals surface area contributed by atoms with Crippen molar-refractivity contribution in [2.75, 3.05) is 7.05 Å². The molecule has 2 aromatic rings. The zero-order valence-corrected chi connectivity index (χ0v) is 13.4. The van der Waals surface area contributed by atoms with E-state index in [1.165, 1.54) is 5.39 Å². The largest absolute Gasteiger partial charge is 0.361 e. The fourth-order valence-corrected chi connectivity index (χ4v) is 3.25. The predicted molar refractivity (Wildman–Crippen MR) is 88.1 cm³/mol. The first-order valence-corrected chi connectivity index (χ1v) is 7.86. The highest BCUT2D eigenvalue weighted by atomic mass is 16.2. The maximum atomic E-state index is 12.5. The third-order valence-corrected chi connectivity index (χ3v) is 4.74. The molecule has 1 aliphatic rings. The molecular weight excluding hydrogens is 276 g/mol. The summed E-state index contributed by atoms with van der Waals surface area (Å²) in [5.74, 6) is 0.522. The van der Waals surface area contributed by atoms with Gasteiger partial charge in [-0.15, -0.1) is 0 Å². The summed E-state index contributed by atoms with van der Waals surface area (Å²) in [6, 6.07) is 8.89. The van der Waals surface area contributed by atoms with Gasteiger partial charge in [-0.1, -0.05) is 18.2 Å². The van der Waals surface area contributed by atoms with Crippen molar-refractivity contribution in [1.82, 2.24) is 20.7 Å². The first-order valence-electron chi connectivity index (χ1n) is 7.86. The lowest BCUT2D eigenvalue weighted by Crippen LogP contribution is -2.33. The van der Waals surface area contributed by atoms with Crippen LogP contribution in [-0.2, 0) is 11.3 Å². The molecule has 0 radical (unpaired) electrons. The number of benzene rings is 1. The van der Waals surface area contributed by atoms with E-state index in [2.05, 4.69) is 47.9 Å².